The number of carboxylic acids is 1. The summed E-state index contributed by atoms with van der Waals surface area (Å²) in [6.07, 6.45) is 1.17. The highest BCUT2D eigenvalue weighted by atomic mass is 32.1. The topological polar surface area (TPSA) is 52.6 Å². The van der Waals surface area contributed by atoms with Crippen LogP contribution in [-0.4, -0.2) is 42.2 Å². The average Bonchev–Trinajstić information content (AvgIpc) is 2.82. The van der Waals surface area contributed by atoms with Gasteiger partial charge in [-0.2, -0.15) is 0 Å². The molecule has 4 nitrogen and oxygen atoms in total. The lowest BCUT2D eigenvalue weighted by atomic mass is 10.2. The first-order valence-electron chi connectivity index (χ1n) is 5.81. The van der Waals surface area contributed by atoms with Gasteiger partial charge in [-0.05, 0) is 38.6 Å². The lowest BCUT2D eigenvalue weighted by Gasteiger charge is -2.12. The van der Waals surface area contributed by atoms with Gasteiger partial charge in [-0.25, -0.2) is 4.79 Å². The molecule has 0 aromatic carbocycles. The zero-order chi connectivity index (χ0) is 12.4. The van der Waals surface area contributed by atoms with Crippen LogP contribution >= 0.6 is 11.3 Å². The van der Waals surface area contributed by atoms with Crippen LogP contribution < -0.4 is 5.32 Å². The van der Waals surface area contributed by atoms with Gasteiger partial charge in [-0.15, -0.1) is 11.3 Å². The summed E-state index contributed by atoms with van der Waals surface area (Å²) in [6.45, 7) is 4.97. The van der Waals surface area contributed by atoms with Crippen molar-refractivity contribution in [2.45, 2.75) is 25.9 Å². The molecule has 0 aliphatic carbocycles. The fourth-order valence-corrected chi connectivity index (χ4v) is 3.04. The van der Waals surface area contributed by atoms with Crippen LogP contribution in [0.5, 0.6) is 0 Å². The summed E-state index contributed by atoms with van der Waals surface area (Å²) in [5, 5.41) is 12.4. The molecule has 1 aliphatic heterocycles. The van der Waals surface area contributed by atoms with Gasteiger partial charge in [0.2, 0.25) is 0 Å². The minimum atomic E-state index is -0.829. The Balaban J connectivity index is 1.92. The van der Waals surface area contributed by atoms with Gasteiger partial charge in [0.05, 0.1) is 0 Å². The number of hydrogen-bond acceptors (Lipinski definition) is 4. The van der Waals surface area contributed by atoms with Gasteiger partial charge in [0.15, 0.2) is 0 Å². The van der Waals surface area contributed by atoms with E-state index in [0.29, 0.717) is 10.9 Å². The first-order valence-corrected chi connectivity index (χ1v) is 6.62. The maximum Gasteiger partial charge on any atom is 0.345 e. The summed E-state index contributed by atoms with van der Waals surface area (Å²) in [6, 6.07) is 2.32. The van der Waals surface area contributed by atoms with Crippen molar-refractivity contribution in [3.8, 4) is 0 Å². The number of aryl methyl sites for hydroxylation is 1. The number of thiophene rings is 1. The minimum absolute atomic E-state index is 0.433. The fourth-order valence-electron chi connectivity index (χ4n) is 2.16. The van der Waals surface area contributed by atoms with E-state index in [4.69, 9.17) is 5.11 Å². The smallest absolute Gasteiger partial charge is 0.345 e. The van der Waals surface area contributed by atoms with Crippen LogP contribution in [0.25, 0.3) is 0 Å². The molecule has 0 amide bonds. The third-order valence-corrected chi connectivity index (χ3v) is 4.28. The predicted octanol–water partition coefficient (Wildman–Crippen LogP) is 1.55. The molecular formula is C12H18N2O2S. The van der Waals surface area contributed by atoms with Gasteiger partial charge in [0.25, 0.3) is 0 Å². The number of likely N-dealkylation sites (tertiary alicyclic amines) is 1. The second-order valence-corrected chi connectivity index (χ2v) is 5.88. The molecule has 5 heteroatoms. The highest BCUT2D eigenvalue weighted by molar-refractivity contribution is 7.14. The molecule has 2 heterocycles. The molecule has 1 atom stereocenters. The number of likely N-dealkylation sites (N-methyl/N-ethyl adjacent to an activating group) is 1. The molecule has 1 aliphatic rings. The zero-order valence-corrected chi connectivity index (χ0v) is 11.0. The molecule has 94 valence electrons. The summed E-state index contributed by atoms with van der Waals surface area (Å²) in [7, 11) is 2.13. The van der Waals surface area contributed by atoms with Crippen molar-refractivity contribution >= 4 is 17.3 Å². The molecule has 1 fully saturated rings. The van der Waals surface area contributed by atoms with Crippen molar-refractivity contribution in [3.63, 3.8) is 0 Å². The summed E-state index contributed by atoms with van der Waals surface area (Å²) < 4.78 is 0. The monoisotopic (exact) mass is 254 g/mol. The third-order valence-electron chi connectivity index (χ3n) is 3.20. The fraction of sp³-hybridized carbons (Fsp3) is 0.583. The highest BCUT2D eigenvalue weighted by Crippen LogP contribution is 2.21. The second-order valence-electron chi connectivity index (χ2n) is 4.63. The van der Waals surface area contributed by atoms with Crippen LogP contribution in [0.4, 0.5) is 0 Å². The van der Waals surface area contributed by atoms with Gasteiger partial charge in [-0.3, -0.25) is 0 Å². The molecular weight excluding hydrogens is 236 g/mol. The van der Waals surface area contributed by atoms with Crippen LogP contribution in [0.2, 0.25) is 0 Å². The molecule has 1 unspecified atom stereocenters. The van der Waals surface area contributed by atoms with Gasteiger partial charge in [0, 0.05) is 24.0 Å². The van der Waals surface area contributed by atoms with Crippen molar-refractivity contribution < 1.29 is 9.90 Å². The van der Waals surface area contributed by atoms with Crippen molar-refractivity contribution in [2.75, 3.05) is 20.1 Å². The number of rotatable bonds is 4. The third kappa shape index (κ3) is 3.06. The highest BCUT2D eigenvalue weighted by Gasteiger charge is 2.19. The number of carboxylic acid groups (broad SMARTS) is 1. The van der Waals surface area contributed by atoms with E-state index in [9.17, 15) is 4.79 Å². The standard InChI is InChI=1S/C12H18N2O2S/c1-8-9(5-11(17-8)12(15)16)6-13-10-3-4-14(2)7-10/h5,10,13H,3-4,6-7H2,1-2H3,(H,15,16). The molecule has 0 saturated carbocycles. The van der Waals surface area contributed by atoms with Crippen molar-refractivity contribution in [3.05, 3.63) is 21.4 Å². The Labute approximate surface area is 105 Å². The van der Waals surface area contributed by atoms with Gasteiger partial charge in [-0.1, -0.05) is 0 Å². The number of aromatic carboxylic acids is 1. The summed E-state index contributed by atoms with van der Waals surface area (Å²) in [5.41, 5.74) is 1.11. The maximum absolute atomic E-state index is 10.9. The molecule has 2 rings (SSSR count). The van der Waals surface area contributed by atoms with E-state index < -0.39 is 5.97 Å². The van der Waals surface area contributed by atoms with Crippen LogP contribution in [0, 0.1) is 6.92 Å². The van der Waals surface area contributed by atoms with Gasteiger partial charge in [0.1, 0.15) is 4.88 Å². The number of hydrogen-bond donors (Lipinski definition) is 2. The molecule has 0 spiro atoms. The minimum Gasteiger partial charge on any atom is -0.477 e. The molecule has 2 N–H and O–H groups in total. The van der Waals surface area contributed by atoms with Crippen molar-refractivity contribution in [2.24, 2.45) is 0 Å². The SMILES string of the molecule is Cc1sc(C(=O)O)cc1CNC1CCN(C)C1. The molecule has 1 saturated heterocycles. The van der Waals surface area contributed by atoms with E-state index in [0.717, 1.165) is 30.1 Å². The lowest BCUT2D eigenvalue weighted by Crippen LogP contribution is -2.30. The van der Waals surface area contributed by atoms with E-state index in [1.54, 1.807) is 6.07 Å². The molecule has 17 heavy (non-hydrogen) atoms. The van der Waals surface area contributed by atoms with Crippen LogP contribution in [-0.2, 0) is 6.54 Å². The van der Waals surface area contributed by atoms with E-state index in [1.807, 2.05) is 6.92 Å². The Bertz CT molecular complexity index is 417. The van der Waals surface area contributed by atoms with Gasteiger partial charge < -0.3 is 15.3 Å². The number of nitrogens with zero attached hydrogens (tertiary/aromatic N) is 1. The van der Waals surface area contributed by atoms with E-state index in [-0.39, 0.29) is 0 Å². The van der Waals surface area contributed by atoms with Gasteiger partial charge >= 0.3 is 5.97 Å². The Morgan fingerprint density at radius 2 is 2.47 bits per heavy atom. The van der Waals surface area contributed by atoms with Crippen LogP contribution in [0.3, 0.4) is 0 Å². The van der Waals surface area contributed by atoms with E-state index in [2.05, 4.69) is 17.3 Å². The van der Waals surface area contributed by atoms with Crippen LogP contribution in [0.1, 0.15) is 26.5 Å². The van der Waals surface area contributed by atoms with E-state index >= 15 is 0 Å². The number of nitrogens with one attached hydrogen (secondary N) is 1. The summed E-state index contributed by atoms with van der Waals surface area (Å²) in [5.74, 6) is -0.829. The Morgan fingerprint density at radius 3 is 3.00 bits per heavy atom. The maximum atomic E-state index is 10.9. The Kier molecular flexibility index (Phi) is 3.81. The molecule has 0 bridgehead atoms. The lowest BCUT2D eigenvalue weighted by molar-refractivity contribution is 0.0702. The van der Waals surface area contributed by atoms with Crippen LogP contribution in [0.15, 0.2) is 6.07 Å². The number of carbonyl (C=O) groups is 1. The van der Waals surface area contributed by atoms with Crippen molar-refractivity contribution in [1.82, 2.24) is 10.2 Å². The molecule has 0 radical (unpaired) electrons. The largest absolute Gasteiger partial charge is 0.477 e. The Morgan fingerprint density at radius 1 is 1.71 bits per heavy atom. The first kappa shape index (κ1) is 12.5. The average molecular weight is 254 g/mol. The summed E-state index contributed by atoms with van der Waals surface area (Å²) in [4.78, 5) is 14.7. The Hall–Kier alpha value is -0.910. The summed E-state index contributed by atoms with van der Waals surface area (Å²) >= 11 is 1.36. The zero-order valence-electron chi connectivity index (χ0n) is 10.2. The molecule has 1 aromatic rings. The predicted molar refractivity (Wildman–Crippen MR) is 68.8 cm³/mol. The molecule has 1 aromatic heterocycles. The van der Waals surface area contributed by atoms with E-state index in [1.165, 1.54) is 17.8 Å². The van der Waals surface area contributed by atoms with Crippen molar-refractivity contribution in [1.29, 1.82) is 0 Å². The first-order chi connectivity index (χ1) is 8.06. The normalized spacial score (nSPS) is 20.9. The second kappa shape index (κ2) is 5.16. The quantitative estimate of drug-likeness (QED) is 0.856.